The van der Waals surface area contributed by atoms with Crippen molar-refractivity contribution >= 4 is 45.7 Å². The molecule has 1 amide bonds. The summed E-state index contributed by atoms with van der Waals surface area (Å²) in [6, 6.07) is 8.63. The van der Waals surface area contributed by atoms with Gasteiger partial charge in [-0.05, 0) is 50.6 Å². The van der Waals surface area contributed by atoms with Gasteiger partial charge in [0, 0.05) is 5.02 Å². The van der Waals surface area contributed by atoms with Gasteiger partial charge >= 0.3 is 5.97 Å². The average Bonchev–Trinajstić information content (AvgIpc) is 3.45. The number of thiazole rings is 1. The summed E-state index contributed by atoms with van der Waals surface area (Å²) in [6.45, 7) is 5.18. The topological polar surface area (TPSA) is 110 Å². The maximum absolute atomic E-state index is 13.3. The standard InChI is InChI=1S/C23H19ClN2O6S/c1-4-31-22(30)20-12(3)25-23(33-20)26-17(13-6-8-14(24)9-7-13)16(19(28)21(26)29)18(27)15-10-5-11(2)32-15/h5-10,17,28H,4H2,1-3H3/t17-/m1/s1. The van der Waals surface area contributed by atoms with Gasteiger partial charge in [-0.15, -0.1) is 0 Å². The molecule has 2 aromatic heterocycles. The Bertz CT molecular complexity index is 1290. The Morgan fingerprint density at radius 2 is 1.91 bits per heavy atom. The number of esters is 1. The molecule has 1 aliphatic heterocycles. The minimum absolute atomic E-state index is 0.00908. The number of rotatable bonds is 6. The van der Waals surface area contributed by atoms with E-state index in [1.165, 1.54) is 11.0 Å². The summed E-state index contributed by atoms with van der Waals surface area (Å²) in [7, 11) is 0. The fourth-order valence-corrected chi connectivity index (χ4v) is 4.67. The van der Waals surface area contributed by atoms with Crippen molar-refractivity contribution in [3.05, 3.63) is 80.4 Å². The molecule has 1 aliphatic rings. The minimum atomic E-state index is -1.01. The molecule has 0 saturated heterocycles. The minimum Gasteiger partial charge on any atom is -0.503 e. The van der Waals surface area contributed by atoms with Crippen LogP contribution in [0.4, 0.5) is 5.13 Å². The number of aliphatic hydroxyl groups excluding tert-OH is 1. The number of ether oxygens (including phenoxy) is 1. The zero-order valence-corrected chi connectivity index (χ0v) is 19.5. The highest BCUT2D eigenvalue weighted by molar-refractivity contribution is 7.17. The van der Waals surface area contributed by atoms with Crippen molar-refractivity contribution in [3.8, 4) is 0 Å². The molecule has 33 heavy (non-hydrogen) atoms. The molecule has 0 bridgehead atoms. The van der Waals surface area contributed by atoms with Crippen molar-refractivity contribution in [2.24, 2.45) is 0 Å². The second-order valence-electron chi connectivity index (χ2n) is 7.26. The van der Waals surface area contributed by atoms with Crippen LogP contribution in [0.25, 0.3) is 0 Å². The number of benzene rings is 1. The average molecular weight is 487 g/mol. The van der Waals surface area contributed by atoms with Crippen LogP contribution in [0.2, 0.25) is 5.02 Å². The number of hydrogen-bond acceptors (Lipinski definition) is 8. The van der Waals surface area contributed by atoms with Gasteiger partial charge in [0.15, 0.2) is 16.7 Å². The number of halogens is 1. The van der Waals surface area contributed by atoms with E-state index >= 15 is 0 Å². The lowest BCUT2D eigenvalue weighted by Crippen LogP contribution is -2.31. The first-order chi connectivity index (χ1) is 15.7. The lowest BCUT2D eigenvalue weighted by atomic mass is 9.95. The van der Waals surface area contributed by atoms with E-state index in [4.69, 9.17) is 20.8 Å². The molecule has 0 saturated carbocycles. The van der Waals surface area contributed by atoms with Gasteiger partial charge in [0.25, 0.3) is 5.91 Å². The third kappa shape index (κ3) is 4.05. The van der Waals surface area contributed by atoms with Gasteiger partial charge in [-0.2, -0.15) is 0 Å². The molecular formula is C23H19ClN2O6S. The van der Waals surface area contributed by atoms with E-state index in [0.717, 1.165) is 11.3 Å². The number of aliphatic hydroxyl groups is 1. The summed E-state index contributed by atoms with van der Waals surface area (Å²) >= 11 is 6.98. The molecule has 1 N–H and O–H groups in total. The number of carbonyl (C=O) groups excluding carboxylic acids is 3. The number of aromatic nitrogens is 1. The molecule has 0 fully saturated rings. The third-order valence-electron chi connectivity index (χ3n) is 5.05. The van der Waals surface area contributed by atoms with E-state index in [1.807, 2.05) is 0 Å². The maximum atomic E-state index is 13.3. The van der Waals surface area contributed by atoms with Crippen LogP contribution >= 0.6 is 22.9 Å². The van der Waals surface area contributed by atoms with Crippen LogP contribution < -0.4 is 4.90 Å². The second kappa shape index (κ2) is 8.84. The number of hydrogen-bond donors (Lipinski definition) is 1. The van der Waals surface area contributed by atoms with Crippen molar-refractivity contribution < 1.29 is 28.6 Å². The van der Waals surface area contributed by atoms with Gasteiger partial charge in [-0.25, -0.2) is 9.78 Å². The lowest BCUT2D eigenvalue weighted by Gasteiger charge is -2.24. The largest absolute Gasteiger partial charge is 0.503 e. The van der Waals surface area contributed by atoms with Crippen LogP contribution in [0.1, 0.15) is 50.2 Å². The molecule has 8 nitrogen and oxygen atoms in total. The fraction of sp³-hybridized carbons (Fsp3) is 0.217. The summed E-state index contributed by atoms with van der Waals surface area (Å²) in [5.41, 5.74) is 0.744. The SMILES string of the molecule is CCOC(=O)c1sc(N2C(=O)C(O)=C(C(=O)c3ccc(C)o3)[C@H]2c2ccc(Cl)cc2)nc1C. The van der Waals surface area contributed by atoms with Gasteiger partial charge in [0.2, 0.25) is 5.78 Å². The smallest absolute Gasteiger partial charge is 0.350 e. The Balaban J connectivity index is 1.85. The quantitative estimate of drug-likeness (QED) is 0.387. The monoisotopic (exact) mass is 486 g/mol. The molecule has 0 radical (unpaired) electrons. The van der Waals surface area contributed by atoms with E-state index < -0.39 is 29.5 Å². The lowest BCUT2D eigenvalue weighted by molar-refractivity contribution is -0.117. The molecule has 4 rings (SSSR count). The third-order valence-corrected chi connectivity index (χ3v) is 6.44. The van der Waals surface area contributed by atoms with Gasteiger partial charge in [-0.1, -0.05) is 35.1 Å². The highest BCUT2D eigenvalue weighted by Crippen LogP contribution is 2.44. The van der Waals surface area contributed by atoms with E-state index in [2.05, 4.69) is 4.98 Å². The van der Waals surface area contributed by atoms with Crippen LogP contribution in [0.5, 0.6) is 0 Å². The van der Waals surface area contributed by atoms with E-state index in [0.29, 0.717) is 22.0 Å². The molecule has 10 heteroatoms. The van der Waals surface area contributed by atoms with Crippen molar-refractivity contribution in [1.82, 2.24) is 4.98 Å². The summed E-state index contributed by atoms with van der Waals surface area (Å²) < 4.78 is 10.5. The zero-order chi connectivity index (χ0) is 23.9. The van der Waals surface area contributed by atoms with E-state index in [-0.39, 0.29) is 27.9 Å². The number of furan rings is 1. The molecule has 0 spiro atoms. The molecule has 170 valence electrons. The number of ketones is 1. The predicted octanol–water partition coefficient (Wildman–Crippen LogP) is 4.97. The molecule has 3 heterocycles. The molecular weight excluding hydrogens is 468 g/mol. The zero-order valence-electron chi connectivity index (χ0n) is 17.9. The number of nitrogens with zero attached hydrogens (tertiary/aromatic N) is 2. The van der Waals surface area contributed by atoms with Crippen LogP contribution in [0.3, 0.4) is 0 Å². The van der Waals surface area contributed by atoms with Crippen LogP contribution in [0.15, 0.2) is 52.1 Å². The predicted molar refractivity (Wildman–Crippen MR) is 122 cm³/mol. The second-order valence-corrected chi connectivity index (χ2v) is 8.68. The number of aryl methyl sites for hydroxylation is 2. The van der Waals surface area contributed by atoms with Gasteiger partial charge in [-0.3, -0.25) is 14.5 Å². The Morgan fingerprint density at radius 3 is 2.52 bits per heavy atom. The number of anilines is 1. The van der Waals surface area contributed by atoms with Crippen LogP contribution in [-0.2, 0) is 9.53 Å². The highest BCUT2D eigenvalue weighted by Gasteiger charge is 2.46. The Kier molecular flexibility index (Phi) is 6.09. The molecule has 1 aromatic carbocycles. The molecule has 1 atom stereocenters. The van der Waals surface area contributed by atoms with E-state index in [9.17, 15) is 19.5 Å². The van der Waals surface area contributed by atoms with Gasteiger partial charge < -0.3 is 14.3 Å². The number of carbonyl (C=O) groups is 3. The maximum Gasteiger partial charge on any atom is 0.350 e. The summed E-state index contributed by atoms with van der Waals surface area (Å²) in [4.78, 5) is 44.6. The normalized spacial score (nSPS) is 15.9. The summed E-state index contributed by atoms with van der Waals surface area (Å²) in [5.74, 6) is -2.21. The Labute approximate surface area is 198 Å². The Hall–Kier alpha value is -3.43. The van der Waals surface area contributed by atoms with Crippen LogP contribution in [-0.4, -0.2) is 34.4 Å². The van der Waals surface area contributed by atoms with Crippen molar-refractivity contribution in [2.75, 3.05) is 11.5 Å². The summed E-state index contributed by atoms with van der Waals surface area (Å²) in [5, 5.41) is 11.4. The molecule has 3 aromatic rings. The first-order valence-electron chi connectivity index (χ1n) is 10.0. The molecule has 0 unspecified atom stereocenters. The van der Waals surface area contributed by atoms with Gasteiger partial charge in [0.1, 0.15) is 10.6 Å². The van der Waals surface area contributed by atoms with Gasteiger partial charge in [0.05, 0.1) is 23.9 Å². The van der Waals surface area contributed by atoms with Crippen molar-refractivity contribution in [1.29, 1.82) is 0 Å². The van der Waals surface area contributed by atoms with Crippen molar-refractivity contribution in [2.45, 2.75) is 26.8 Å². The first-order valence-corrected chi connectivity index (χ1v) is 11.2. The first kappa shape index (κ1) is 22.8. The Morgan fingerprint density at radius 1 is 1.21 bits per heavy atom. The van der Waals surface area contributed by atoms with E-state index in [1.54, 1.807) is 51.1 Å². The van der Waals surface area contributed by atoms with Crippen molar-refractivity contribution in [3.63, 3.8) is 0 Å². The summed E-state index contributed by atoms with van der Waals surface area (Å²) in [6.07, 6.45) is 0. The number of Topliss-reactive ketones (excluding diaryl/α,β-unsaturated/α-hetero) is 1. The van der Waals surface area contributed by atoms with Crippen LogP contribution in [0, 0.1) is 13.8 Å². The fourth-order valence-electron chi connectivity index (χ4n) is 3.56. The highest BCUT2D eigenvalue weighted by atomic mass is 35.5. The number of amides is 1. The molecule has 0 aliphatic carbocycles.